The molecule has 0 amide bonds. The lowest BCUT2D eigenvalue weighted by Crippen LogP contribution is -2.15. The number of nitrogens with one attached hydrogen (secondary N) is 1. The summed E-state index contributed by atoms with van der Waals surface area (Å²) < 4.78 is 67.4. The molecule has 0 aliphatic rings. The molecule has 0 aliphatic heterocycles. The maximum atomic E-state index is 12.2. The molecule has 0 aliphatic carbocycles. The Morgan fingerprint density at radius 1 is 1.04 bits per heavy atom. The standard InChI is InChI=1S/C16H14F3NO4S/c17-16(18,19)9-10-24-15(21)12-5-4-6-13(11-12)20-25(22,23)14-7-2-1-3-8-14/h1-8,11,20H,9-10H2. The van der Waals surface area contributed by atoms with Crippen molar-refractivity contribution in [1.82, 2.24) is 0 Å². The third kappa shape index (κ3) is 5.79. The number of halogens is 3. The zero-order valence-corrected chi connectivity index (χ0v) is 13.6. The molecule has 0 fully saturated rings. The Labute approximate surface area is 142 Å². The van der Waals surface area contributed by atoms with Crippen LogP contribution < -0.4 is 4.72 Å². The SMILES string of the molecule is O=C(OCCC(F)(F)F)c1cccc(NS(=O)(=O)c2ccccc2)c1. The van der Waals surface area contributed by atoms with Gasteiger partial charge in [-0.25, -0.2) is 13.2 Å². The molecule has 2 aromatic carbocycles. The predicted molar refractivity (Wildman–Crippen MR) is 84.6 cm³/mol. The molecule has 0 aromatic heterocycles. The van der Waals surface area contributed by atoms with Crippen molar-refractivity contribution >= 4 is 21.7 Å². The summed E-state index contributed by atoms with van der Waals surface area (Å²) in [5.41, 5.74) is 0.0320. The molecule has 0 unspecified atom stereocenters. The molecule has 0 saturated carbocycles. The Morgan fingerprint density at radius 3 is 2.36 bits per heavy atom. The number of carbonyl (C=O) groups is 1. The highest BCUT2D eigenvalue weighted by Crippen LogP contribution is 2.20. The highest BCUT2D eigenvalue weighted by molar-refractivity contribution is 7.92. The number of hydrogen-bond donors (Lipinski definition) is 1. The van der Waals surface area contributed by atoms with E-state index in [1.807, 2.05) is 0 Å². The number of anilines is 1. The molecule has 0 spiro atoms. The van der Waals surface area contributed by atoms with E-state index in [2.05, 4.69) is 9.46 Å². The highest BCUT2D eigenvalue weighted by atomic mass is 32.2. The predicted octanol–water partition coefficient (Wildman–Crippen LogP) is 3.60. The molecule has 0 atom stereocenters. The van der Waals surface area contributed by atoms with Crippen molar-refractivity contribution in [3.8, 4) is 0 Å². The van der Waals surface area contributed by atoms with Crippen molar-refractivity contribution in [3.05, 3.63) is 60.2 Å². The highest BCUT2D eigenvalue weighted by Gasteiger charge is 2.27. The minimum atomic E-state index is -4.42. The van der Waals surface area contributed by atoms with E-state index in [0.29, 0.717) is 0 Å². The third-order valence-corrected chi connectivity index (χ3v) is 4.42. The molecule has 0 radical (unpaired) electrons. The second-order valence-corrected chi connectivity index (χ2v) is 6.68. The lowest BCUT2D eigenvalue weighted by atomic mass is 10.2. The van der Waals surface area contributed by atoms with Crippen molar-refractivity contribution in [2.45, 2.75) is 17.5 Å². The van der Waals surface area contributed by atoms with E-state index < -0.39 is 35.2 Å². The molecule has 25 heavy (non-hydrogen) atoms. The number of carbonyl (C=O) groups excluding carboxylic acids is 1. The fourth-order valence-electron chi connectivity index (χ4n) is 1.87. The van der Waals surface area contributed by atoms with Crippen LogP contribution in [0.3, 0.4) is 0 Å². The van der Waals surface area contributed by atoms with Crippen LogP contribution in [-0.4, -0.2) is 27.2 Å². The van der Waals surface area contributed by atoms with E-state index in [0.717, 1.165) is 0 Å². The van der Waals surface area contributed by atoms with Gasteiger partial charge in [0.2, 0.25) is 0 Å². The molecule has 0 saturated heterocycles. The summed E-state index contributed by atoms with van der Waals surface area (Å²) in [6.45, 7) is -0.803. The molecule has 9 heteroatoms. The van der Waals surface area contributed by atoms with Crippen LogP contribution in [0.1, 0.15) is 16.8 Å². The monoisotopic (exact) mass is 373 g/mol. The summed E-state index contributed by atoms with van der Waals surface area (Å²) in [5, 5.41) is 0. The molecule has 0 bridgehead atoms. The number of alkyl halides is 3. The lowest BCUT2D eigenvalue weighted by molar-refractivity contribution is -0.141. The van der Waals surface area contributed by atoms with Gasteiger partial charge in [-0.15, -0.1) is 0 Å². The van der Waals surface area contributed by atoms with Gasteiger partial charge in [0, 0.05) is 5.69 Å². The molecular formula is C16H14F3NO4S. The zero-order chi connectivity index (χ0) is 18.5. The smallest absolute Gasteiger partial charge is 0.392 e. The summed E-state index contributed by atoms with van der Waals surface area (Å²) in [6, 6.07) is 12.9. The van der Waals surface area contributed by atoms with Crippen molar-refractivity contribution in [2.24, 2.45) is 0 Å². The first-order valence-corrected chi connectivity index (χ1v) is 8.57. The minimum Gasteiger partial charge on any atom is -0.462 e. The van der Waals surface area contributed by atoms with Crippen LogP contribution in [0, 0.1) is 0 Å². The number of rotatable bonds is 6. The second kappa shape index (κ2) is 7.56. The van der Waals surface area contributed by atoms with Gasteiger partial charge in [0.25, 0.3) is 10.0 Å². The molecule has 0 heterocycles. The van der Waals surface area contributed by atoms with Gasteiger partial charge in [-0.1, -0.05) is 24.3 Å². The van der Waals surface area contributed by atoms with Crippen molar-refractivity contribution in [3.63, 3.8) is 0 Å². The largest absolute Gasteiger partial charge is 0.462 e. The Bertz CT molecular complexity index is 836. The fourth-order valence-corrected chi connectivity index (χ4v) is 2.94. The van der Waals surface area contributed by atoms with E-state index in [1.54, 1.807) is 18.2 Å². The van der Waals surface area contributed by atoms with Crippen molar-refractivity contribution in [1.29, 1.82) is 0 Å². The fraction of sp³-hybridized carbons (Fsp3) is 0.188. The van der Waals surface area contributed by atoms with Crippen LogP contribution in [0.4, 0.5) is 18.9 Å². The summed E-state index contributed by atoms with van der Waals surface area (Å²) in [7, 11) is -3.84. The van der Waals surface area contributed by atoms with Crippen LogP contribution in [-0.2, 0) is 14.8 Å². The summed E-state index contributed by atoms with van der Waals surface area (Å²) in [5.74, 6) is -0.968. The maximum absolute atomic E-state index is 12.2. The number of hydrogen-bond acceptors (Lipinski definition) is 4. The average molecular weight is 373 g/mol. The molecule has 1 N–H and O–H groups in total. The maximum Gasteiger partial charge on any atom is 0.392 e. The molecule has 134 valence electrons. The Balaban J connectivity index is 2.07. The molecule has 2 rings (SSSR count). The Morgan fingerprint density at radius 2 is 1.72 bits per heavy atom. The van der Waals surface area contributed by atoms with Gasteiger partial charge in [-0.05, 0) is 30.3 Å². The number of esters is 1. The van der Waals surface area contributed by atoms with Crippen LogP contribution in [0.2, 0.25) is 0 Å². The van der Waals surface area contributed by atoms with Crippen molar-refractivity contribution in [2.75, 3.05) is 11.3 Å². The van der Waals surface area contributed by atoms with Gasteiger partial charge in [0.15, 0.2) is 0 Å². The van der Waals surface area contributed by atoms with Gasteiger partial charge < -0.3 is 4.74 Å². The second-order valence-electron chi connectivity index (χ2n) is 5.00. The Kier molecular flexibility index (Phi) is 5.68. The van der Waals surface area contributed by atoms with E-state index >= 15 is 0 Å². The summed E-state index contributed by atoms with van der Waals surface area (Å²) in [4.78, 5) is 11.8. The first kappa shape index (κ1) is 18.8. The van der Waals surface area contributed by atoms with Crippen LogP contribution in [0.15, 0.2) is 59.5 Å². The van der Waals surface area contributed by atoms with Gasteiger partial charge in [-0.2, -0.15) is 13.2 Å². The molecular weight excluding hydrogens is 359 g/mol. The van der Waals surface area contributed by atoms with Gasteiger partial charge >= 0.3 is 12.1 Å². The van der Waals surface area contributed by atoms with E-state index in [-0.39, 0.29) is 16.1 Å². The van der Waals surface area contributed by atoms with E-state index in [9.17, 15) is 26.4 Å². The molecule has 5 nitrogen and oxygen atoms in total. The zero-order valence-electron chi connectivity index (χ0n) is 12.8. The van der Waals surface area contributed by atoms with Crippen LogP contribution >= 0.6 is 0 Å². The summed E-state index contributed by atoms with van der Waals surface area (Å²) >= 11 is 0. The number of sulfonamides is 1. The van der Waals surface area contributed by atoms with E-state index in [4.69, 9.17) is 0 Å². The number of ether oxygens (including phenoxy) is 1. The minimum absolute atomic E-state index is 0.0353. The summed E-state index contributed by atoms with van der Waals surface area (Å²) in [6.07, 6.45) is -5.67. The van der Waals surface area contributed by atoms with E-state index in [1.165, 1.54) is 36.4 Å². The topological polar surface area (TPSA) is 72.5 Å². The van der Waals surface area contributed by atoms with Gasteiger partial charge in [0.1, 0.15) is 6.61 Å². The van der Waals surface area contributed by atoms with Gasteiger partial charge in [0.05, 0.1) is 16.9 Å². The average Bonchev–Trinajstić information content (AvgIpc) is 2.54. The number of benzene rings is 2. The quantitative estimate of drug-likeness (QED) is 0.786. The van der Waals surface area contributed by atoms with Gasteiger partial charge in [-0.3, -0.25) is 4.72 Å². The van der Waals surface area contributed by atoms with Crippen LogP contribution in [0.5, 0.6) is 0 Å². The van der Waals surface area contributed by atoms with Crippen molar-refractivity contribution < 1.29 is 31.1 Å². The first-order chi connectivity index (χ1) is 11.7. The normalized spacial score (nSPS) is 11.8. The lowest BCUT2D eigenvalue weighted by Gasteiger charge is -2.10. The molecule has 2 aromatic rings. The third-order valence-electron chi connectivity index (χ3n) is 3.02. The Hall–Kier alpha value is -2.55. The first-order valence-electron chi connectivity index (χ1n) is 7.09. The van der Waals surface area contributed by atoms with Crippen LogP contribution in [0.25, 0.3) is 0 Å².